The van der Waals surface area contributed by atoms with Crippen LogP contribution in [0, 0.1) is 0 Å². The predicted octanol–water partition coefficient (Wildman–Crippen LogP) is 2.50. The summed E-state index contributed by atoms with van der Waals surface area (Å²) in [5.41, 5.74) is 0.660. The Hall–Kier alpha value is -1.30. The van der Waals surface area contributed by atoms with Gasteiger partial charge in [-0.25, -0.2) is 0 Å². The van der Waals surface area contributed by atoms with Crippen LogP contribution in [0.1, 0.15) is 13.3 Å². The summed E-state index contributed by atoms with van der Waals surface area (Å²) < 4.78 is 0. The van der Waals surface area contributed by atoms with Gasteiger partial charge in [-0.1, -0.05) is 11.6 Å². The van der Waals surface area contributed by atoms with Gasteiger partial charge in [-0.15, -0.1) is 12.4 Å². The molecule has 5 nitrogen and oxygen atoms in total. The first kappa shape index (κ1) is 18.7. The minimum absolute atomic E-state index is 0. The maximum absolute atomic E-state index is 12.0. The Morgan fingerprint density at radius 1 is 1.35 bits per heavy atom. The van der Waals surface area contributed by atoms with Crippen molar-refractivity contribution in [2.45, 2.75) is 19.4 Å². The molecular weight excluding hydrogens is 303 g/mol. The molecule has 0 saturated heterocycles. The molecule has 0 saturated carbocycles. The number of aliphatic carboxylic acids is 1. The van der Waals surface area contributed by atoms with Crippen molar-refractivity contribution in [3.05, 3.63) is 29.3 Å². The zero-order chi connectivity index (χ0) is 14.4. The van der Waals surface area contributed by atoms with Gasteiger partial charge in [0.25, 0.3) is 0 Å². The number of amides is 1. The number of carboxylic acid groups (broad SMARTS) is 1. The second kappa shape index (κ2) is 8.79. The second-order valence-corrected chi connectivity index (χ2v) is 4.73. The van der Waals surface area contributed by atoms with Crippen LogP contribution in [0.15, 0.2) is 24.3 Å². The monoisotopic (exact) mass is 320 g/mol. The SMILES string of the molecule is CC(C(=O)Nc1ccc(Cl)cc1)N(C)CCC(=O)O.Cl. The van der Waals surface area contributed by atoms with Crippen LogP contribution in [0.25, 0.3) is 0 Å². The molecule has 0 aliphatic carbocycles. The lowest BCUT2D eigenvalue weighted by Gasteiger charge is -2.23. The van der Waals surface area contributed by atoms with E-state index in [1.54, 1.807) is 43.1 Å². The minimum atomic E-state index is -0.878. The molecule has 112 valence electrons. The van der Waals surface area contributed by atoms with Crippen molar-refractivity contribution in [1.82, 2.24) is 4.90 Å². The number of halogens is 2. The Labute approximate surface area is 129 Å². The summed E-state index contributed by atoms with van der Waals surface area (Å²) in [6, 6.07) is 6.40. The van der Waals surface area contributed by atoms with E-state index in [0.29, 0.717) is 17.3 Å². The standard InChI is InChI=1S/C13H17ClN2O3.ClH/c1-9(16(2)8-7-12(17)18)13(19)15-11-5-3-10(14)4-6-11;/h3-6,9H,7-8H2,1-2H3,(H,15,19)(H,17,18);1H. The molecule has 1 unspecified atom stereocenters. The maximum atomic E-state index is 12.0. The molecule has 0 aliphatic rings. The molecule has 2 N–H and O–H groups in total. The fourth-order valence-electron chi connectivity index (χ4n) is 1.45. The average Bonchev–Trinajstić information content (AvgIpc) is 2.37. The fraction of sp³-hybridized carbons (Fsp3) is 0.385. The van der Waals surface area contributed by atoms with E-state index in [2.05, 4.69) is 5.32 Å². The highest BCUT2D eigenvalue weighted by Gasteiger charge is 2.18. The van der Waals surface area contributed by atoms with E-state index in [1.165, 1.54) is 0 Å². The van der Waals surface area contributed by atoms with Crippen molar-refractivity contribution in [3.8, 4) is 0 Å². The number of nitrogens with zero attached hydrogens (tertiary/aromatic N) is 1. The van der Waals surface area contributed by atoms with Crippen molar-refractivity contribution < 1.29 is 14.7 Å². The number of carbonyl (C=O) groups is 2. The van der Waals surface area contributed by atoms with Crippen LogP contribution in [0.4, 0.5) is 5.69 Å². The molecule has 0 aliphatic heterocycles. The van der Waals surface area contributed by atoms with Crippen LogP contribution in [0.3, 0.4) is 0 Å². The Bertz CT molecular complexity index is 451. The summed E-state index contributed by atoms with van der Waals surface area (Å²) in [4.78, 5) is 24.1. The average molecular weight is 321 g/mol. The highest BCUT2D eigenvalue weighted by atomic mass is 35.5. The lowest BCUT2D eigenvalue weighted by molar-refractivity contribution is -0.137. The third-order valence-corrected chi connectivity index (χ3v) is 3.08. The van der Waals surface area contributed by atoms with Crippen LogP contribution < -0.4 is 5.32 Å². The number of carbonyl (C=O) groups excluding carboxylic acids is 1. The molecule has 20 heavy (non-hydrogen) atoms. The number of anilines is 1. The van der Waals surface area contributed by atoms with Gasteiger partial charge in [-0.2, -0.15) is 0 Å². The molecule has 0 fully saturated rings. The molecule has 0 aromatic heterocycles. The fourth-order valence-corrected chi connectivity index (χ4v) is 1.57. The Morgan fingerprint density at radius 3 is 2.40 bits per heavy atom. The molecule has 0 radical (unpaired) electrons. The number of carboxylic acids is 1. The predicted molar refractivity (Wildman–Crippen MR) is 81.7 cm³/mol. The molecule has 1 aromatic rings. The van der Waals surface area contributed by atoms with E-state index < -0.39 is 12.0 Å². The van der Waals surface area contributed by atoms with E-state index in [-0.39, 0.29) is 24.7 Å². The number of likely N-dealkylation sites (N-methyl/N-ethyl adjacent to an activating group) is 1. The van der Waals surface area contributed by atoms with Crippen molar-refractivity contribution in [2.75, 3.05) is 18.9 Å². The summed E-state index contributed by atoms with van der Waals surface area (Å²) in [5.74, 6) is -1.06. The van der Waals surface area contributed by atoms with Crippen molar-refractivity contribution >= 4 is 41.6 Å². The normalized spacial score (nSPS) is 11.6. The first-order chi connectivity index (χ1) is 8.90. The molecule has 1 rings (SSSR count). The number of nitrogens with one attached hydrogen (secondary N) is 1. The summed E-state index contributed by atoms with van der Waals surface area (Å²) in [6.45, 7) is 2.05. The molecule has 1 aromatic carbocycles. The summed E-state index contributed by atoms with van der Waals surface area (Å²) in [6.07, 6.45) is 0.00899. The topological polar surface area (TPSA) is 69.6 Å². The van der Waals surface area contributed by atoms with Gasteiger partial charge >= 0.3 is 5.97 Å². The van der Waals surface area contributed by atoms with Gasteiger partial charge in [0.1, 0.15) is 0 Å². The molecule has 0 spiro atoms. The van der Waals surface area contributed by atoms with E-state index in [0.717, 1.165) is 0 Å². The van der Waals surface area contributed by atoms with Gasteiger partial charge in [0.15, 0.2) is 0 Å². The zero-order valence-corrected chi connectivity index (χ0v) is 12.9. The quantitative estimate of drug-likeness (QED) is 0.845. The zero-order valence-electron chi connectivity index (χ0n) is 11.3. The van der Waals surface area contributed by atoms with Crippen LogP contribution in [0.5, 0.6) is 0 Å². The number of hydrogen-bond acceptors (Lipinski definition) is 3. The molecule has 7 heteroatoms. The van der Waals surface area contributed by atoms with Crippen LogP contribution in [-0.2, 0) is 9.59 Å². The van der Waals surface area contributed by atoms with E-state index in [9.17, 15) is 9.59 Å². The van der Waals surface area contributed by atoms with Crippen molar-refractivity contribution in [1.29, 1.82) is 0 Å². The smallest absolute Gasteiger partial charge is 0.304 e. The summed E-state index contributed by atoms with van der Waals surface area (Å²) in [7, 11) is 1.72. The van der Waals surface area contributed by atoms with Gasteiger partial charge in [0.05, 0.1) is 12.5 Å². The van der Waals surface area contributed by atoms with Gasteiger partial charge in [0, 0.05) is 17.3 Å². The third kappa shape index (κ3) is 6.23. The lowest BCUT2D eigenvalue weighted by Crippen LogP contribution is -2.40. The molecule has 0 bridgehead atoms. The lowest BCUT2D eigenvalue weighted by atomic mass is 10.2. The highest BCUT2D eigenvalue weighted by Crippen LogP contribution is 2.14. The van der Waals surface area contributed by atoms with Crippen LogP contribution in [0.2, 0.25) is 5.02 Å². The molecule has 1 amide bonds. The second-order valence-electron chi connectivity index (χ2n) is 4.30. The third-order valence-electron chi connectivity index (χ3n) is 2.83. The summed E-state index contributed by atoms with van der Waals surface area (Å²) >= 11 is 5.76. The van der Waals surface area contributed by atoms with Crippen molar-refractivity contribution in [3.63, 3.8) is 0 Å². The summed E-state index contributed by atoms with van der Waals surface area (Å²) in [5, 5.41) is 12.0. The largest absolute Gasteiger partial charge is 0.481 e. The van der Waals surface area contributed by atoms with Gasteiger partial charge in [-0.05, 0) is 38.2 Å². The van der Waals surface area contributed by atoms with Gasteiger partial charge in [0.2, 0.25) is 5.91 Å². The first-order valence-electron chi connectivity index (χ1n) is 5.88. The van der Waals surface area contributed by atoms with Crippen LogP contribution in [-0.4, -0.2) is 41.5 Å². The van der Waals surface area contributed by atoms with E-state index >= 15 is 0 Å². The van der Waals surface area contributed by atoms with Gasteiger partial charge in [-0.3, -0.25) is 14.5 Å². The van der Waals surface area contributed by atoms with E-state index in [4.69, 9.17) is 16.7 Å². The Balaban J connectivity index is 0.00000361. The van der Waals surface area contributed by atoms with E-state index in [1.807, 2.05) is 0 Å². The van der Waals surface area contributed by atoms with Gasteiger partial charge < -0.3 is 10.4 Å². The number of hydrogen-bond donors (Lipinski definition) is 2. The maximum Gasteiger partial charge on any atom is 0.304 e. The van der Waals surface area contributed by atoms with Crippen molar-refractivity contribution in [2.24, 2.45) is 0 Å². The van der Waals surface area contributed by atoms with Crippen LogP contribution >= 0.6 is 24.0 Å². The Kier molecular flexibility index (Phi) is 8.22. The molecule has 1 atom stereocenters. The molecular formula is C13H18Cl2N2O3. The Morgan fingerprint density at radius 2 is 1.90 bits per heavy atom. The highest BCUT2D eigenvalue weighted by molar-refractivity contribution is 6.30. The number of benzene rings is 1. The first-order valence-corrected chi connectivity index (χ1v) is 6.26. The minimum Gasteiger partial charge on any atom is -0.481 e. The number of rotatable bonds is 6. The molecule has 0 heterocycles.